The minimum atomic E-state index is -0.0672. The first kappa shape index (κ1) is 18.5. The molecule has 3 aromatic rings. The van der Waals surface area contributed by atoms with Gasteiger partial charge in [0, 0.05) is 23.7 Å². The number of anilines is 1. The maximum absolute atomic E-state index is 12.9. The van der Waals surface area contributed by atoms with Gasteiger partial charge in [-0.2, -0.15) is 0 Å². The third-order valence-electron chi connectivity index (χ3n) is 5.02. The van der Waals surface area contributed by atoms with Crippen molar-refractivity contribution in [3.05, 3.63) is 76.2 Å². The lowest BCUT2D eigenvalue weighted by molar-refractivity contribution is 0.207. The lowest BCUT2D eigenvalue weighted by Crippen LogP contribution is -2.34. The number of hydrogen-bond acceptors (Lipinski definition) is 4. The number of rotatable bonds is 5. The summed E-state index contributed by atoms with van der Waals surface area (Å²) in [6.07, 6.45) is 2.01. The molecule has 1 aliphatic heterocycles. The summed E-state index contributed by atoms with van der Waals surface area (Å²) in [6.45, 7) is 3.29. The minimum absolute atomic E-state index is 0.0672. The van der Waals surface area contributed by atoms with Crippen molar-refractivity contribution in [3.63, 3.8) is 0 Å². The number of carbonyl (C=O) groups is 1. The molecule has 2 aromatic carbocycles. The number of hydrogen-bond donors (Lipinski definition) is 1. The molecular formula is C22H23N3O2S. The van der Waals surface area contributed by atoms with Gasteiger partial charge < -0.3 is 15.0 Å². The molecule has 1 aliphatic rings. The first-order valence-corrected chi connectivity index (χ1v) is 10.4. The molecule has 5 nitrogen and oxygen atoms in total. The van der Waals surface area contributed by atoms with Crippen molar-refractivity contribution < 1.29 is 9.53 Å². The van der Waals surface area contributed by atoms with Crippen LogP contribution in [-0.4, -0.2) is 22.5 Å². The number of nitrogens with zero attached hydrogens (tertiary/aromatic N) is 2. The van der Waals surface area contributed by atoms with Crippen molar-refractivity contribution in [2.24, 2.45) is 0 Å². The number of urea groups is 1. The summed E-state index contributed by atoms with van der Waals surface area (Å²) in [5.41, 5.74) is 5.88. The molecule has 0 radical (unpaired) electrons. The van der Waals surface area contributed by atoms with Gasteiger partial charge in [0.15, 0.2) is 0 Å². The van der Waals surface area contributed by atoms with Gasteiger partial charge in [-0.05, 0) is 43.0 Å². The van der Waals surface area contributed by atoms with E-state index < -0.39 is 0 Å². The maximum Gasteiger partial charge on any atom is 0.322 e. The molecule has 0 bridgehead atoms. The van der Waals surface area contributed by atoms with Gasteiger partial charge >= 0.3 is 6.03 Å². The van der Waals surface area contributed by atoms with E-state index in [1.165, 1.54) is 11.1 Å². The summed E-state index contributed by atoms with van der Waals surface area (Å²) in [7, 11) is 0. The zero-order valence-corrected chi connectivity index (χ0v) is 16.6. The maximum atomic E-state index is 12.9. The number of aryl methyl sites for hydroxylation is 1. The number of aromatic nitrogens is 1. The Labute approximate surface area is 169 Å². The fourth-order valence-electron chi connectivity index (χ4n) is 3.62. The van der Waals surface area contributed by atoms with Crippen LogP contribution in [0.5, 0.6) is 5.75 Å². The third-order valence-corrected chi connectivity index (χ3v) is 5.65. The number of likely N-dealkylation sites (tertiary alicyclic amines) is 1. The number of carbonyl (C=O) groups excluding carboxylic acids is 1. The van der Waals surface area contributed by atoms with E-state index in [1.54, 1.807) is 16.8 Å². The highest BCUT2D eigenvalue weighted by Gasteiger charge is 2.30. The van der Waals surface area contributed by atoms with E-state index in [9.17, 15) is 4.79 Å². The second-order valence-corrected chi connectivity index (χ2v) is 7.65. The molecule has 6 heteroatoms. The van der Waals surface area contributed by atoms with Crippen LogP contribution in [0.1, 0.15) is 35.7 Å². The number of nitrogens with one attached hydrogen (secondary N) is 1. The van der Waals surface area contributed by atoms with E-state index >= 15 is 0 Å². The standard InChI is InChI=1S/C22H23N3O2S/c1-16-6-2-3-9-20(16)21-10-5-11-25(21)22(26)24-17-7-4-8-19(12-17)27-13-18-14-28-15-23-18/h2-4,6-9,12,14-15,21H,5,10-11,13H2,1H3,(H,24,26)/t21-/m1/s1. The lowest BCUT2D eigenvalue weighted by Gasteiger charge is -2.26. The molecule has 1 aromatic heterocycles. The van der Waals surface area contributed by atoms with Crippen LogP contribution >= 0.6 is 11.3 Å². The molecule has 1 fully saturated rings. The summed E-state index contributed by atoms with van der Waals surface area (Å²) in [6, 6.07) is 15.9. The number of thiazole rings is 1. The Hall–Kier alpha value is -2.86. The Kier molecular flexibility index (Phi) is 5.58. The van der Waals surface area contributed by atoms with Crippen molar-refractivity contribution in [2.75, 3.05) is 11.9 Å². The summed E-state index contributed by atoms with van der Waals surface area (Å²) < 4.78 is 5.78. The van der Waals surface area contributed by atoms with E-state index in [0.29, 0.717) is 12.4 Å². The Morgan fingerprint density at radius 2 is 2.18 bits per heavy atom. The molecule has 2 amide bonds. The van der Waals surface area contributed by atoms with Gasteiger partial charge in [0.2, 0.25) is 0 Å². The summed E-state index contributed by atoms with van der Waals surface area (Å²) in [4.78, 5) is 19.1. The van der Waals surface area contributed by atoms with Crippen LogP contribution in [0.3, 0.4) is 0 Å². The van der Waals surface area contributed by atoms with Crippen molar-refractivity contribution in [2.45, 2.75) is 32.4 Å². The van der Waals surface area contributed by atoms with E-state index in [2.05, 4.69) is 29.4 Å². The lowest BCUT2D eigenvalue weighted by atomic mass is 9.99. The highest BCUT2D eigenvalue weighted by molar-refractivity contribution is 7.07. The Morgan fingerprint density at radius 1 is 1.29 bits per heavy atom. The Balaban J connectivity index is 1.43. The zero-order chi connectivity index (χ0) is 19.3. The van der Waals surface area contributed by atoms with E-state index in [0.717, 1.165) is 30.8 Å². The molecule has 1 N–H and O–H groups in total. The van der Waals surface area contributed by atoms with E-state index in [4.69, 9.17) is 4.74 Å². The van der Waals surface area contributed by atoms with Crippen molar-refractivity contribution in [1.29, 1.82) is 0 Å². The highest BCUT2D eigenvalue weighted by atomic mass is 32.1. The van der Waals surface area contributed by atoms with E-state index in [-0.39, 0.29) is 12.1 Å². The first-order chi connectivity index (χ1) is 13.7. The molecule has 0 aliphatic carbocycles. The van der Waals surface area contributed by atoms with Gasteiger partial charge in [0.25, 0.3) is 0 Å². The van der Waals surface area contributed by atoms with Gasteiger partial charge in [0.1, 0.15) is 12.4 Å². The molecule has 28 heavy (non-hydrogen) atoms. The van der Waals surface area contributed by atoms with Crippen LogP contribution in [0.4, 0.5) is 10.5 Å². The number of amides is 2. The highest BCUT2D eigenvalue weighted by Crippen LogP contribution is 2.34. The van der Waals surface area contributed by atoms with Crippen LogP contribution in [0.25, 0.3) is 0 Å². The molecular weight excluding hydrogens is 370 g/mol. The predicted molar refractivity (Wildman–Crippen MR) is 112 cm³/mol. The van der Waals surface area contributed by atoms with Crippen LogP contribution in [-0.2, 0) is 6.61 Å². The van der Waals surface area contributed by atoms with Crippen molar-refractivity contribution in [1.82, 2.24) is 9.88 Å². The minimum Gasteiger partial charge on any atom is -0.487 e. The Morgan fingerprint density at radius 3 is 3.00 bits per heavy atom. The van der Waals surface area contributed by atoms with Crippen LogP contribution in [0.2, 0.25) is 0 Å². The topological polar surface area (TPSA) is 54.5 Å². The fraction of sp³-hybridized carbons (Fsp3) is 0.273. The van der Waals surface area contributed by atoms with Crippen molar-refractivity contribution >= 4 is 23.1 Å². The molecule has 1 saturated heterocycles. The third kappa shape index (κ3) is 4.17. The van der Waals surface area contributed by atoms with Crippen LogP contribution in [0.15, 0.2) is 59.4 Å². The van der Waals surface area contributed by atoms with Gasteiger partial charge in [0.05, 0.1) is 17.2 Å². The number of benzene rings is 2. The molecule has 0 spiro atoms. The molecule has 4 rings (SSSR count). The molecule has 0 unspecified atom stereocenters. The molecule has 1 atom stereocenters. The molecule has 2 heterocycles. The average Bonchev–Trinajstić information content (AvgIpc) is 3.39. The van der Waals surface area contributed by atoms with Crippen molar-refractivity contribution in [3.8, 4) is 5.75 Å². The second kappa shape index (κ2) is 8.44. The first-order valence-electron chi connectivity index (χ1n) is 9.44. The predicted octanol–water partition coefficient (Wildman–Crippen LogP) is 5.40. The summed E-state index contributed by atoms with van der Waals surface area (Å²) >= 11 is 1.55. The van der Waals surface area contributed by atoms with E-state index in [1.807, 2.05) is 46.7 Å². The molecule has 144 valence electrons. The van der Waals surface area contributed by atoms with Gasteiger partial charge in [-0.1, -0.05) is 30.3 Å². The molecule has 0 saturated carbocycles. The SMILES string of the molecule is Cc1ccccc1[C@H]1CCCN1C(=O)Nc1cccc(OCc2cscn2)c1. The summed E-state index contributed by atoms with van der Waals surface area (Å²) in [5.74, 6) is 0.711. The number of ether oxygens (including phenoxy) is 1. The second-order valence-electron chi connectivity index (χ2n) is 6.93. The Bertz CT molecular complexity index is 942. The van der Waals surface area contributed by atoms with Gasteiger partial charge in [-0.25, -0.2) is 9.78 Å². The fourth-order valence-corrected chi connectivity index (χ4v) is 4.16. The quantitative estimate of drug-likeness (QED) is 0.631. The smallest absolute Gasteiger partial charge is 0.322 e. The van der Waals surface area contributed by atoms with Crippen LogP contribution < -0.4 is 10.1 Å². The van der Waals surface area contributed by atoms with Crippen LogP contribution in [0, 0.1) is 6.92 Å². The van der Waals surface area contributed by atoms with Gasteiger partial charge in [-0.15, -0.1) is 11.3 Å². The summed E-state index contributed by atoms with van der Waals surface area (Å²) in [5, 5.41) is 4.99. The largest absolute Gasteiger partial charge is 0.487 e. The normalized spacial score (nSPS) is 16.2. The average molecular weight is 394 g/mol. The monoisotopic (exact) mass is 393 g/mol. The van der Waals surface area contributed by atoms with Gasteiger partial charge in [-0.3, -0.25) is 0 Å². The zero-order valence-electron chi connectivity index (χ0n) is 15.8.